The zero-order valence-corrected chi connectivity index (χ0v) is 12.0. The Kier molecular flexibility index (Phi) is 4.28. The number of fused-ring (bicyclic) bond motifs is 1. The van der Waals surface area contributed by atoms with Gasteiger partial charge >= 0.3 is 0 Å². The highest BCUT2D eigenvalue weighted by Crippen LogP contribution is 2.24. The van der Waals surface area contributed by atoms with Gasteiger partial charge in [-0.2, -0.15) is 0 Å². The average molecular weight is 282 g/mol. The number of aromatic nitrogens is 1. The largest absolute Gasteiger partial charge is 0.383 e. The Labute approximate surface area is 123 Å². The van der Waals surface area contributed by atoms with Crippen LogP contribution in [0.2, 0.25) is 0 Å². The fourth-order valence-corrected chi connectivity index (χ4v) is 2.26. The fourth-order valence-electron chi connectivity index (χ4n) is 2.26. The summed E-state index contributed by atoms with van der Waals surface area (Å²) in [4.78, 5) is 0. The quantitative estimate of drug-likeness (QED) is 0.705. The molecule has 3 aromatic rings. The molecule has 3 rings (SSSR count). The van der Waals surface area contributed by atoms with Gasteiger partial charge in [0.1, 0.15) is 0 Å². The van der Waals surface area contributed by atoms with Gasteiger partial charge in [-0.25, -0.2) is 0 Å². The van der Waals surface area contributed by atoms with E-state index in [4.69, 9.17) is 9.26 Å². The Morgan fingerprint density at radius 3 is 2.81 bits per heavy atom. The van der Waals surface area contributed by atoms with Crippen molar-refractivity contribution in [2.45, 2.75) is 6.54 Å². The second kappa shape index (κ2) is 6.52. The fraction of sp³-hybridized carbons (Fsp3) is 0.235. The summed E-state index contributed by atoms with van der Waals surface area (Å²) in [5.74, 6) is 0.796. The first kappa shape index (κ1) is 13.8. The van der Waals surface area contributed by atoms with Crippen LogP contribution < -0.4 is 5.32 Å². The number of hydrogen-bond donors (Lipinski definition) is 1. The summed E-state index contributed by atoms with van der Waals surface area (Å²) in [6.45, 7) is 2.17. The molecule has 0 radical (unpaired) electrons. The maximum absolute atomic E-state index is 5.44. The van der Waals surface area contributed by atoms with Crippen molar-refractivity contribution in [3.63, 3.8) is 0 Å². The number of rotatable bonds is 6. The Morgan fingerprint density at radius 1 is 1.10 bits per heavy atom. The molecule has 1 heterocycles. The number of nitrogens with one attached hydrogen (secondary N) is 1. The molecule has 21 heavy (non-hydrogen) atoms. The molecule has 1 aromatic heterocycles. The number of nitrogens with zero attached hydrogens (tertiary/aromatic N) is 1. The van der Waals surface area contributed by atoms with E-state index in [1.165, 1.54) is 10.8 Å². The maximum atomic E-state index is 5.44. The summed E-state index contributed by atoms with van der Waals surface area (Å²) >= 11 is 0. The zero-order valence-electron chi connectivity index (χ0n) is 12.0. The molecule has 0 bridgehead atoms. The molecular formula is C17H18N2O2. The molecule has 2 aromatic carbocycles. The summed E-state index contributed by atoms with van der Waals surface area (Å²) in [5, 5.41) is 9.77. The summed E-state index contributed by atoms with van der Waals surface area (Å²) in [6, 6.07) is 16.5. The third kappa shape index (κ3) is 3.29. The minimum atomic E-state index is 0.681. The summed E-state index contributed by atoms with van der Waals surface area (Å²) in [6.07, 6.45) is 0. The molecule has 4 nitrogen and oxygen atoms in total. The second-order valence-corrected chi connectivity index (χ2v) is 4.91. The van der Waals surface area contributed by atoms with Crippen LogP contribution in [0, 0.1) is 0 Å². The minimum Gasteiger partial charge on any atom is -0.383 e. The molecule has 0 spiro atoms. The lowest BCUT2D eigenvalue weighted by Gasteiger charge is -2.00. The first-order valence-corrected chi connectivity index (χ1v) is 7.01. The van der Waals surface area contributed by atoms with Crippen LogP contribution in [-0.4, -0.2) is 25.4 Å². The van der Waals surface area contributed by atoms with Crippen molar-refractivity contribution in [2.75, 3.05) is 20.3 Å². The van der Waals surface area contributed by atoms with Crippen LogP contribution in [0.5, 0.6) is 0 Å². The molecule has 0 aliphatic rings. The van der Waals surface area contributed by atoms with Crippen LogP contribution in [0.3, 0.4) is 0 Å². The van der Waals surface area contributed by atoms with E-state index in [9.17, 15) is 0 Å². The van der Waals surface area contributed by atoms with E-state index in [2.05, 4.69) is 40.8 Å². The van der Waals surface area contributed by atoms with E-state index in [1.54, 1.807) is 7.11 Å². The number of hydrogen-bond acceptors (Lipinski definition) is 4. The van der Waals surface area contributed by atoms with Gasteiger partial charge in [0.25, 0.3) is 0 Å². The average Bonchev–Trinajstić information content (AvgIpc) is 3.00. The topological polar surface area (TPSA) is 47.3 Å². The molecule has 1 N–H and O–H groups in total. The Morgan fingerprint density at radius 2 is 1.95 bits per heavy atom. The van der Waals surface area contributed by atoms with Crippen molar-refractivity contribution < 1.29 is 9.26 Å². The molecule has 108 valence electrons. The highest BCUT2D eigenvalue weighted by molar-refractivity contribution is 5.86. The molecule has 0 amide bonds. The lowest BCUT2D eigenvalue weighted by Crippen LogP contribution is -2.18. The van der Waals surface area contributed by atoms with Crippen LogP contribution in [0.15, 0.2) is 53.1 Å². The van der Waals surface area contributed by atoms with E-state index in [0.717, 1.165) is 23.6 Å². The van der Waals surface area contributed by atoms with Gasteiger partial charge in [0.15, 0.2) is 5.76 Å². The van der Waals surface area contributed by atoms with Gasteiger partial charge in [0.2, 0.25) is 0 Å². The molecule has 0 unspecified atom stereocenters. The summed E-state index contributed by atoms with van der Waals surface area (Å²) in [5.41, 5.74) is 1.94. The van der Waals surface area contributed by atoms with Crippen LogP contribution >= 0.6 is 0 Å². The highest BCUT2D eigenvalue weighted by Gasteiger charge is 2.07. The van der Waals surface area contributed by atoms with Crippen molar-refractivity contribution in [1.82, 2.24) is 10.5 Å². The Hall–Kier alpha value is -2.17. The van der Waals surface area contributed by atoms with Crippen LogP contribution in [-0.2, 0) is 11.3 Å². The van der Waals surface area contributed by atoms with Gasteiger partial charge in [0.05, 0.1) is 12.3 Å². The predicted octanol–water partition coefficient (Wildman–Crippen LogP) is 3.23. The normalized spacial score (nSPS) is 11.1. The number of ether oxygens (including phenoxy) is 1. The Balaban J connectivity index is 1.75. The monoisotopic (exact) mass is 282 g/mol. The minimum absolute atomic E-state index is 0.681. The van der Waals surface area contributed by atoms with Crippen molar-refractivity contribution in [3.8, 4) is 11.3 Å². The lowest BCUT2D eigenvalue weighted by molar-refractivity contribution is 0.199. The summed E-state index contributed by atoms with van der Waals surface area (Å²) in [7, 11) is 1.69. The summed E-state index contributed by atoms with van der Waals surface area (Å²) < 4.78 is 10.4. The SMILES string of the molecule is COCCNCc1cc(-c2ccc3ccccc3c2)on1. The van der Waals surface area contributed by atoms with E-state index >= 15 is 0 Å². The third-order valence-corrected chi connectivity index (χ3v) is 3.38. The lowest BCUT2D eigenvalue weighted by atomic mass is 10.1. The molecule has 0 atom stereocenters. The van der Waals surface area contributed by atoms with Gasteiger partial charge in [-0.1, -0.05) is 41.6 Å². The van der Waals surface area contributed by atoms with Crippen LogP contribution in [0.25, 0.3) is 22.1 Å². The van der Waals surface area contributed by atoms with Gasteiger partial charge in [-0.3, -0.25) is 0 Å². The highest BCUT2D eigenvalue weighted by atomic mass is 16.5. The first-order valence-electron chi connectivity index (χ1n) is 7.01. The van der Waals surface area contributed by atoms with E-state index < -0.39 is 0 Å². The van der Waals surface area contributed by atoms with Crippen LogP contribution in [0.4, 0.5) is 0 Å². The van der Waals surface area contributed by atoms with Gasteiger partial charge < -0.3 is 14.6 Å². The first-order chi connectivity index (χ1) is 10.4. The van der Waals surface area contributed by atoms with Gasteiger partial charge in [-0.15, -0.1) is 0 Å². The van der Waals surface area contributed by atoms with Crippen molar-refractivity contribution in [2.24, 2.45) is 0 Å². The zero-order chi connectivity index (χ0) is 14.5. The number of benzene rings is 2. The van der Waals surface area contributed by atoms with E-state index in [1.807, 2.05) is 18.2 Å². The second-order valence-electron chi connectivity index (χ2n) is 4.91. The Bertz CT molecular complexity index is 721. The smallest absolute Gasteiger partial charge is 0.167 e. The standard InChI is InChI=1S/C17H18N2O2/c1-20-9-8-18-12-16-11-17(21-19-16)15-7-6-13-4-2-3-5-14(13)10-15/h2-7,10-11,18H,8-9,12H2,1H3. The van der Waals surface area contributed by atoms with E-state index in [0.29, 0.717) is 13.2 Å². The predicted molar refractivity (Wildman–Crippen MR) is 83.0 cm³/mol. The van der Waals surface area contributed by atoms with Crippen LogP contribution in [0.1, 0.15) is 5.69 Å². The van der Waals surface area contributed by atoms with Crippen molar-refractivity contribution in [1.29, 1.82) is 0 Å². The molecule has 0 saturated heterocycles. The third-order valence-electron chi connectivity index (χ3n) is 3.38. The maximum Gasteiger partial charge on any atom is 0.167 e. The van der Waals surface area contributed by atoms with Gasteiger partial charge in [-0.05, 0) is 16.8 Å². The number of methoxy groups -OCH3 is 1. The molecule has 4 heteroatoms. The van der Waals surface area contributed by atoms with Crippen molar-refractivity contribution in [3.05, 3.63) is 54.2 Å². The van der Waals surface area contributed by atoms with Crippen molar-refractivity contribution >= 4 is 10.8 Å². The van der Waals surface area contributed by atoms with E-state index in [-0.39, 0.29) is 0 Å². The molecule has 0 aliphatic heterocycles. The molecule has 0 aliphatic carbocycles. The molecule has 0 fully saturated rings. The molecular weight excluding hydrogens is 264 g/mol. The van der Waals surface area contributed by atoms with Gasteiger partial charge in [0, 0.05) is 31.8 Å². The molecule has 0 saturated carbocycles.